The van der Waals surface area contributed by atoms with Gasteiger partial charge in [-0.25, -0.2) is 0 Å². The fraction of sp³-hybridized carbons (Fsp3) is 0.909. The van der Waals surface area contributed by atoms with Crippen LogP contribution >= 0.6 is 0 Å². The van der Waals surface area contributed by atoms with Crippen LogP contribution in [0.5, 0.6) is 0 Å². The number of hydrogen-bond acceptors (Lipinski definition) is 5. The van der Waals surface area contributed by atoms with Crippen LogP contribution in [0.3, 0.4) is 0 Å². The van der Waals surface area contributed by atoms with E-state index in [0.29, 0.717) is 6.42 Å². The molecule has 94 valence electrons. The second kappa shape index (κ2) is 5.61. The Morgan fingerprint density at radius 3 is 2.62 bits per heavy atom. The molecule has 0 radical (unpaired) electrons. The number of rotatable bonds is 3. The summed E-state index contributed by atoms with van der Waals surface area (Å²) >= 11 is 0. The molecule has 5 nitrogen and oxygen atoms in total. The summed E-state index contributed by atoms with van der Waals surface area (Å²) in [5.41, 5.74) is 0. The summed E-state index contributed by atoms with van der Waals surface area (Å²) in [6, 6.07) is 0. The van der Waals surface area contributed by atoms with Crippen molar-refractivity contribution in [1.82, 2.24) is 0 Å². The second-order valence-electron chi connectivity index (χ2n) is 4.56. The number of aliphatic hydroxyl groups is 2. The van der Waals surface area contributed by atoms with E-state index in [9.17, 15) is 15.0 Å². The molecule has 4 unspecified atom stereocenters. The van der Waals surface area contributed by atoms with Gasteiger partial charge in [0.15, 0.2) is 6.29 Å². The summed E-state index contributed by atoms with van der Waals surface area (Å²) in [5, 5.41) is 18.9. The van der Waals surface area contributed by atoms with Gasteiger partial charge in [-0.3, -0.25) is 4.79 Å². The highest BCUT2D eigenvalue weighted by Gasteiger charge is 2.38. The molecule has 4 atom stereocenters. The van der Waals surface area contributed by atoms with Crippen LogP contribution in [0, 0.1) is 11.8 Å². The first-order valence-electron chi connectivity index (χ1n) is 5.54. The Morgan fingerprint density at radius 1 is 1.50 bits per heavy atom. The summed E-state index contributed by atoms with van der Waals surface area (Å²) in [4.78, 5) is 11.2. The Morgan fingerprint density at radius 2 is 2.12 bits per heavy atom. The molecule has 0 aliphatic carbocycles. The highest BCUT2D eigenvalue weighted by Crippen LogP contribution is 2.32. The number of aliphatic hydroxyl groups excluding tert-OH is 2. The number of esters is 1. The Labute approximate surface area is 95.4 Å². The SMILES string of the molecule is COC(=O)CC1OC(O)C(O)CC1C(C)C. The maximum Gasteiger partial charge on any atom is 0.308 e. The van der Waals surface area contributed by atoms with E-state index in [0.717, 1.165) is 0 Å². The van der Waals surface area contributed by atoms with Gasteiger partial charge >= 0.3 is 5.97 Å². The van der Waals surface area contributed by atoms with Crippen LogP contribution in [-0.2, 0) is 14.3 Å². The van der Waals surface area contributed by atoms with E-state index in [1.807, 2.05) is 13.8 Å². The Balaban J connectivity index is 2.66. The molecule has 1 saturated heterocycles. The molecule has 1 fully saturated rings. The van der Waals surface area contributed by atoms with E-state index in [1.165, 1.54) is 7.11 Å². The minimum atomic E-state index is -1.20. The van der Waals surface area contributed by atoms with Crippen LogP contribution < -0.4 is 0 Å². The molecule has 2 N–H and O–H groups in total. The van der Waals surface area contributed by atoms with Crippen molar-refractivity contribution in [1.29, 1.82) is 0 Å². The quantitative estimate of drug-likeness (QED) is 0.684. The van der Waals surface area contributed by atoms with Crippen molar-refractivity contribution >= 4 is 5.97 Å². The molecule has 0 amide bonds. The van der Waals surface area contributed by atoms with Gasteiger partial charge < -0.3 is 19.7 Å². The largest absolute Gasteiger partial charge is 0.469 e. The van der Waals surface area contributed by atoms with Crippen molar-refractivity contribution in [3.8, 4) is 0 Å². The predicted molar refractivity (Wildman–Crippen MR) is 56.5 cm³/mol. The molecule has 0 spiro atoms. The lowest BCUT2D eigenvalue weighted by Crippen LogP contribution is -2.46. The lowest BCUT2D eigenvalue weighted by Gasteiger charge is -2.38. The third-order valence-electron chi connectivity index (χ3n) is 3.09. The average molecular weight is 232 g/mol. The first-order chi connectivity index (χ1) is 7.45. The molecule has 0 aromatic carbocycles. The Bertz CT molecular complexity index is 241. The monoisotopic (exact) mass is 232 g/mol. The molecule has 1 rings (SSSR count). The zero-order valence-electron chi connectivity index (χ0n) is 9.92. The number of ether oxygens (including phenoxy) is 2. The lowest BCUT2D eigenvalue weighted by atomic mass is 9.82. The number of hydrogen-bond donors (Lipinski definition) is 2. The van der Waals surface area contributed by atoms with Crippen molar-refractivity contribution in [2.45, 2.75) is 45.2 Å². The molecule has 0 aromatic heterocycles. The van der Waals surface area contributed by atoms with E-state index in [4.69, 9.17) is 4.74 Å². The van der Waals surface area contributed by atoms with Gasteiger partial charge in [0.05, 0.1) is 19.6 Å². The molecule has 1 aliphatic heterocycles. The van der Waals surface area contributed by atoms with Crippen LogP contribution in [-0.4, -0.2) is 41.8 Å². The van der Waals surface area contributed by atoms with E-state index in [-0.39, 0.29) is 30.3 Å². The summed E-state index contributed by atoms with van der Waals surface area (Å²) in [5.74, 6) is -0.0338. The van der Waals surface area contributed by atoms with E-state index >= 15 is 0 Å². The van der Waals surface area contributed by atoms with Crippen LogP contribution in [0.1, 0.15) is 26.7 Å². The third-order valence-corrected chi connectivity index (χ3v) is 3.09. The van der Waals surface area contributed by atoms with Crippen LogP contribution in [0.25, 0.3) is 0 Å². The minimum absolute atomic E-state index is 0.0532. The molecule has 1 heterocycles. The number of methoxy groups -OCH3 is 1. The van der Waals surface area contributed by atoms with Crippen LogP contribution in [0.2, 0.25) is 0 Å². The summed E-state index contributed by atoms with van der Waals surface area (Å²) in [6.45, 7) is 4.01. The van der Waals surface area contributed by atoms with Crippen LogP contribution in [0.4, 0.5) is 0 Å². The maximum absolute atomic E-state index is 11.2. The molecule has 1 aliphatic rings. The first-order valence-corrected chi connectivity index (χ1v) is 5.54. The second-order valence-corrected chi connectivity index (χ2v) is 4.56. The van der Waals surface area contributed by atoms with Crippen molar-refractivity contribution in [2.24, 2.45) is 11.8 Å². The number of carbonyl (C=O) groups is 1. The third kappa shape index (κ3) is 3.17. The zero-order chi connectivity index (χ0) is 12.3. The van der Waals surface area contributed by atoms with Crippen molar-refractivity contribution in [3.05, 3.63) is 0 Å². The van der Waals surface area contributed by atoms with Gasteiger partial charge in [0.2, 0.25) is 0 Å². The molecule has 5 heteroatoms. The molecule has 0 bridgehead atoms. The van der Waals surface area contributed by atoms with Crippen LogP contribution in [0.15, 0.2) is 0 Å². The van der Waals surface area contributed by atoms with Gasteiger partial charge in [-0.05, 0) is 18.3 Å². The van der Waals surface area contributed by atoms with Gasteiger partial charge in [-0.2, -0.15) is 0 Å². The highest BCUT2D eigenvalue weighted by atomic mass is 16.6. The fourth-order valence-electron chi connectivity index (χ4n) is 2.07. The Hall–Kier alpha value is -0.650. The zero-order valence-corrected chi connectivity index (χ0v) is 9.92. The first kappa shape index (κ1) is 13.4. The number of carbonyl (C=O) groups excluding carboxylic acids is 1. The standard InChI is InChI=1S/C11H20O5/c1-6(2)7-4-8(12)11(14)16-9(7)5-10(13)15-3/h6-9,11-12,14H,4-5H2,1-3H3. The van der Waals surface area contributed by atoms with Gasteiger partial charge in [-0.15, -0.1) is 0 Å². The minimum Gasteiger partial charge on any atom is -0.469 e. The molecule has 0 saturated carbocycles. The summed E-state index contributed by atoms with van der Waals surface area (Å²) in [7, 11) is 1.32. The van der Waals surface area contributed by atoms with Gasteiger partial charge in [-0.1, -0.05) is 13.8 Å². The van der Waals surface area contributed by atoms with Gasteiger partial charge in [0.1, 0.15) is 6.10 Å². The maximum atomic E-state index is 11.2. The molecule has 0 aromatic rings. The Kier molecular flexibility index (Phi) is 4.70. The average Bonchev–Trinajstić information content (AvgIpc) is 2.22. The van der Waals surface area contributed by atoms with E-state index < -0.39 is 12.4 Å². The molecular weight excluding hydrogens is 212 g/mol. The van der Waals surface area contributed by atoms with E-state index in [1.54, 1.807) is 0 Å². The lowest BCUT2D eigenvalue weighted by molar-refractivity contribution is -0.239. The van der Waals surface area contributed by atoms with Crippen molar-refractivity contribution in [2.75, 3.05) is 7.11 Å². The van der Waals surface area contributed by atoms with Gasteiger partial charge in [0, 0.05) is 0 Å². The normalized spacial score (nSPS) is 35.1. The van der Waals surface area contributed by atoms with Crippen molar-refractivity contribution < 1.29 is 24.5 Å². The highest BCUT2D eigenvalue weighted by molar-refractivity contribution is 5.69. The smallest absolute Gasteiger partial charge is 0.308 e. The summed E-state index contributed by atoms with van der Waals surface area (Å²) < 4.78 is 9.83. The van der Waals surface area contributed by atoms with Gasteiger partial charge in [0.25, 0.3) is 0 Å². The van der Waals surface area contributed by atoms with E-state index in [2.05, 4.69) is 4.74 Å². The molecule has 16 heavy (non-hydrogen) atoms. The fourth-order valence-corrected chi connectivity index (χ4v) is 2.07. The molecular formula is C11H20O5. The predicted octanol–water partition coefficient (Wildman–Crippen LogP) is 0.290. The summed E-state index contributed by atoms with van der Waals surface area (Å²) in [6.07, 6.45) is -1.90. The topological polar surface area (TPSA) is 76.0 Å². The van der Waals surface area contributed by atoms with Crippen molar-refractivity contribution in [3.63, 3.8) is 0 Å².